The molecule has 0 heterocycles. The normalized spacial score (nSPS) is 36.0. The summed E-state index contributed by atoms with van der Waals surface area (Å²) in [5.41, 5.74) is 3.07. The molecule has 0 aromatic heterocycles. The van der Waals surface area contributed by atoms with Crippen LogP contribution in [0.3, 0.4) is 0 Å². The minimum absolute atomic E-state index is 0.0477. The van der Waals surface area contributed by atoms with E-state index in [1.54, 1.807) is 7.11 Å². The number of rotatable bonds is 4. The third-order valence-corrected chi connectivity index (χ3v) is 10.4. The summed E-state index contributed by atoms with van der Waals surface area (Å²) in [5.74, 6) is 2.94. The van der Waals surface area contributed by atoms with Gasteiger partial charge in [-0.15, -0.1) is 0 Å². The number of hydrogen-bond donors (Lipinski definition) is 1. The summed E-state index contributed by atoms with van der Waals surface area (Å²) in [5, 5.41) is 12.8. The minimum Gasteiger partial charge on any atom is -0.496 e. The number of amides is 1. The minimum atomic E-state index is -0.502. The Morgan fingerprint density at radius 3 is 2.66 bits per heavy atom. The van der Waals surface area contributed by atoms with Crippen LogP contribution in [0.5, 0.6) is 5.75 Å². The fourth-order valence-electron chi connectivity index (χ4n) is 8.47. The van der Waals surface area contributed by atoms with E-state index in [0.717, 1.165) is 55.4 Å². The summed E-state index contributed by atoms with van der Waals surface area (Å²) in [6.07, 6.45) is 12.1. The van der Waals surface area contributed by atoms with E-state index in [4.69, 9.17) is 4.74 Å². The molecule has 0 saturated heterocycles. The van der Waals surface area contributed by atoms with Crippen molar-refractivity contribution in [2.45, 2.75) is 78.2 Å². The number of nitrogens with one attached hydrogen (secondary N) is 1. The second kappa shape index (κ2) is 8.54. The van der Waals surface area contributed by atoms with Gasteiger partial charge in [-0.2, -0.15) is 5.26 Å². The van der Waals surface area contributed by atoms with Crippen LogP contribution < -0.4 is 10.1 Å². The summed E-state index contributed by atoms with van der Waals surface area (Å²) >= 11 is 0. The molecule has 2 saturated carbocycles. The lowest BCUT2D eigenvalue weighted by atomic mass is 9.48. The molecule has 35 heavy (non-hydrogen) atoms. The Balaban J connectivity index is 1.37. The molecule has 5 rings (SSSR count). The van der Waals surface area contributed by atoms with Crippen molar-refractivity contribution in [1.82, 2.24) is 5.32 Å². The highest BCUT2D eigenvalue weighted by Crippen LogP contribution is 2.66. The number of hydrogen-bond acceptors (Lipinski definition) is 3. The van der Waals surface area contributed by atoms with E-state index >= 15 is 0 Å². The van der Waals surface area contributed by atoms with E-state index < -0.39 is 5.54 Å². The van der Waals surface area contributed by atoms with Crippen molar-refractivity contribution < 1.29 is 9.53 Å². The van der Waals surface area contributed by atoms with Crippen LogP contribution in [-0.2, 0) is 10.3 Å². The highest BCUT2D eigenvalue weighted by molar-refractivity contribution is 5.81. The quantitative estimate of drug-likeness (QED) is 0.531. The Labute approximate surface area is 210 Å². The Morgan fingerprint density at radius 1 is 1.14 bits per heavy atom. The lowest BCUT2D eigenvalue weighted by Gasteiger charge is -2.57. The molecule has 0 bridgehead atoms. The third kappa shape index (κ3) is 3.74. The van der Waals surface area contributed by atoms with E-state index in [1.807, 2.05) is 24.3 Å². The van der Waals surface area contributed by atoms with Crippen LogP contribution in [0, 0.1) is 45.8 Å². The highest BCUT2D eigenvalue weighted by Gasteiger charge is 2.59. The van der Waals surface area contributed by atoms with Gasteiger partial charge in [0.1, 0.15) is 5.75 Å². The molecular formula is C31H40N2O2. The molecular weight excluding hydrogens is 432 g/mol. The maximum Gasteiger partial charge on any atom is 0.224 e. The number of nitrogens with zero attached hydrogens (tertiary/aromatic N) is 1. The van der Waals surface area contributed by atoms with Crippen molar-refractivity contribution in [3.63, 3.8) is 0 Å². The van der Waals surface area contributed by atoms with Gasteiger partial charge in [0, 0.05) is 17.1 Å². The molecule has 0 spiro atoms. The zero-order chi connectivity index (χ0) is 25.0. The van der Waals surface area contributed by atoms with Crippen molar-refractivity contribution in [1.29, 1.82) is 5.26 Å². The number of ether oxygens (including phenoxy) is 1. The summed E-state index contributed by atoms with van der Waals surface area (Å²) in [4.78, 5) is 13.8. The van der Waals surface area contributed by atoms with Gasteiger partial charge in [0.15, 0.2) is 0 Å². The van der Waals surface area contributed by atoms with E-state index in [0.29, 0.717) is 17.8 Å². The zero-order valence-corrected chi connectivity index (χ0v) is 22.0. The van der Waals surface area contributed by atoms with E-state index in [-0.39, 0.29) is 22.7 Å². The fraction of sp³-hybridized carbons (Fsp3) is 0.613. The molecule has 186 valence electrons. The van der Waals surface area contributed by atoms with Gasteiger partial charge in [0.2, 0.25) is 5.91 Å². The van der Waals surface area contributed by atoms with Crippen LogP contribution in [0.25, 0.3) is 0 Å². The van der Waals surface area contributed by atoms with Gasteiger partial charge in [-0.1, -0.05) is 38.1 Å². The van der Waals surface area contributed by atoms with Crippen LogP contribution in [0.1, 0.15) is 78.2 Å². The molecule has 1 aromatic carbocycles. The summed E-state index contributed by atoms with van der Waals surface area (Å²) < 4.78 is 5.59. The number of para-hydroxylation sites is 1. The molecule has 0 unspecified atom stereocenters. The average molecular weight is 473 g/mol. The number of allylic oxidation sites excluding steroid dienone is 4. The topological polar surface area (TPSA) is 62.1 Å². The standard InChI is InChI=1S/C31H40N2O2/c1-29(2,25-8-6-7-9-27(25)35-5)33-28(34)26-13-12-23-22-11-10-21-18-20(19-32)14-16-30(21,3)24(22)15-17-31(23,26)4/h6-10,18,22-24,26H,11-17H2,1-5H3,(H,33,34)/t22-,23-,24-,26+,30-,31-/m0/s1. The van der Waals surface area contributed by atoms with Crippen molar-refractivity contribution in [2.24, 2.45) is 34.5 Å². The largest absolute Gasteiger partial charge is 0.496 e. The Morgan fingerprint density at radius 2 is 1.91 bits per heavy atom. The van der Waals surface area contributed by atoms with E-state index in [2.05, 4.69) is 51.2 Å². The van der Waals surface area contributed by atoms with Gasteiger partial charge in [0.05, 0.1) is 18.7 Å². The van der Waals surface area contributed by atoms with Gasteiger partial charge in [0.25, 0.3) is 0 Å². The zero-order valence-electron chi connectivity index (χ0n) is 22.0. The van der Waals surface area contributed by atoms with Crippen LogP contribution >= 0.6 is 0 Å². The molecule has 0 aliphatic heterocycles. The lowest BCUT2D eigenvalue weighted by Crippen LogP contribution is -2.52. The molecule has 1 amide bonds. The van der Waals surface area contributed by atoms with Gasteiger partial charge < -0.3 is 10.1 Å². The first kappa shape index (κ1) is 24.2. The molecule has 4 aliphatic carbocycles. The number of methoxy groups -OCH3 is 1. The number of carbonyl (C=O) groups is 1. The first-order valence-electron chi connectivity index (χ1n) is 13.4. The summed E-state index contributed by atoms with van der Waals surface area (Å²) in [6.45, 7) is 9.00. The molecule has 4 nitrogen and oxygen atoms in total. The first-order valence-corrected chi connectivity index (χ1v) is 13.4. The first-order chi connectivity index (χ1) is 16.6. The molecule has 1 N–H and O–H groups in total. The Kier molecular flexibility index (Phi) is 5.90. The number of nitriles is 1. The Bertz CT molecular complexity index is 1130. The van der Waals surface area contributed by atoms with Gasteiger partial charge in [-0.25, -0.2) is 0 Å². The molecule has 4 aliphatic rings. The SMILES string of the molecule is COc1ccccc1C(C)(C)NC(=O)[C@H]1CC[C@H]2[C@@H]3CC=C4C=C(C#N)CC[C@]4(C)[C@H]3CC[C@]12C. The predicted molar refractivity (Wildman–Crippen MR) is 138 cm³/mol. The monoisotopic (exact) mass is 472 g/mol. The molecule has 6 atom stereocenters. The van der Waals surface area contributed by atoms with Gasteiger partial charge in [-0.05, 0) is 105 Å². The maximum absolute atomic E-state index is 13.8. The number of benzene rings is 1. The van der Waals surface area contributed by atoms with Crippen LogP contribution in [0.4, 0.5) is 0 Å². The van der Waals surface area contributed by atoms with Crippen LogP contribution in [0.2, 0.25) is 0 Å². The Hall–Kier alpha value is -2.54. The molecule has 2 fully saturated rings. The average Bonchev–Trinajstić information content (AvgIpc) is 3.20. The second-order valence-corrected chi connectivity index (χ2v) is 12.5. The predicted octanol–water partition coefficient (Wildman–Crippen LogP) is 6.69. The van der Waals surface area contributed by atoms with Gasteiger partial charge in [-0.3, -0.25) is 4.79 Å². The molecule has 4 heteroatoms. The van der Waals surface area contributed by atoms with Crippen molar-refractivity contribution >= 4 is 5.91 Å². The van der Waals surface area contributed by atoms with Gasteiger partial charge >= 0.3 is 0 Å². The molecule has 1 aromatic rings. The number of carbonyl (C=O) groups excluding carboxylic acids is 1. The third-order valence-electron chi connectivity index (χ3n) is 10.4. The number of fused-ring (bicyclic) bond motifs is 5. The van der Waals surface area contributed by atoms with E-state index in [9.17, 15) is 10.1 Å². The summed E-state index contributed by atoms with van der Waals surface area (Å²) in [6, 6.07) is 10.4. The summed E-state index contributed by atoms with van der Waals surface area (Å²) in [7, 11) is 1.69. The second-order valence-electron chi connectivity index (χ2n) is 12.5. The van der Waals surface area contributed by atoms with Crippen LogP contribution in [-0.4, -0.2) is 13.0 Å². The molecule has 0 radical (unpaired) electrons. The van der Waals surface area contributed by atoms with Crippen LogP contribution in [0.15, 0.2) is 47.6 Å². The van der Waals surface area contributed by atoms with Crippen molar-refractivity contribution in [3.05, 3.63) is 53.1 Å². The highest BCUT2D eigenvalue weighted by atomic mass is 16.5. The van der Waals surface area contributed by atoms with Crippen molar-refractivity contribution in [3.8, 4) is 11.8 Å². The van der Waals surface area contributed by atoms with Crippen molar-refractivity contribution in [2.75, 3.05) is 7.11 Å². The maximum atomic E-state index is 13.8. The smallest absolute Gasteiger partial charge is 0.224 e. The fourth-order valence-corrected chi connectivity index (χ4v) is 8.47. The lowest BCUT2D eigenvalue weighted by molar-refractivity contribution is -0.133. The van der Waals surface area contributed by atoms with E-state index in [1.165, 1.54) is 12.0 Å².